The molecule has 0 fully saturated rings. The molecule has 0 rings (SSSR count). The molecule has 0 aliphatic carbocycles. The number of carboxylic acids is 1. The van der Waals surface area contributed by atoms with Crippen molar-refractivity contribution in [2.75, 3.05) is 0 Å². The van der Waals surface area contributed by atoms with Gasteiger partial charge in [-0.25, -0.2) is 0 Å². The molecule has 0 saturated carbocycles. The Balaban J connectivity index is 0. The molecule has 0 bridgehead atoms. The predicted octanol–water partition coefficient (Wildman–Crippen LogP) is -5.90. The van der Waals surface area contributed by atoms with E-state index < -0.39 is 19.6 Å². The van der Waals surface area contributed by atoms with Crippen LogP contribution in [0.5, 0.6) is 0 Å². The van der Waals surface area contributed by atoms with E-state index in [9.17, 15) is 24.3 Å². The summed E-state index contributed by atoms with van der Waals surface area (Å²) in [7, 11) is -5.30. The van der Waals surface area contributed by atoms with E-state index in [0.717, 1.165) is 0 Å². The summed E-state index contributed by atoms with van der Waals surface area (Å²) < 4.78 is 12.9. The zero-order valence-corrected chi connectivity index (χ0v) is 9.62. The van der Waals surface area contributed by atoms with Gasteiger partial charge in [-0.2, -0.15) is 0 Å². The van der Waals surface area contributed by atoms with Crippen molar-refractivity contribution in [2.24, 2.45) is 0 Å². The molecule has 0 saturated heterocycles. The van der Waals surface area contributed by atoms with Gasteiger partial charge in [0.25, 0.3) is 0 Å². The van der Waals surface area contributed by atoms with Crippen molar-refractivity contribution in [3.8, 4) is 0 Å². The third kappa shape index (κ3) is 8.70. The van der Waals surface area contributed by atoms with Gasteiger partial charge in [0, 0.05) is 0 Å². The third-order valence-electron chi connectivity index (χ3n) is 0.450. The first kappa shape index (κ1) is 14.3. The summed E-state index contributed by atoms with van der Waals surface area (Å²) in [5.41, 5.74) is 0. The summed E-state index contributed by atoms with van der Waals surface area (Å²) in [6.45, 7) is 2.58. The fourth-order valence-electron chi connectivity index (χ4n) is 0.172. The minimum absolute atomic E-state index is 0. The molecule has 8 heteroatoms. The fraction of sp³-hybridized carbons (Fsp3) is 0. The number of carboxylic acid groups (broad SMARTS) is 1. The Hall–Kier alpha value is 0.796. The van der Waals surface area contributed by atoms with Crippen LogP contribution in [0.25, 0.3) is 0 Å². The van der Waals surface area contributed by atoms with Crippen LogP contribution in [0.2, 0.25) is 0 Å². The standard InChI is InChI=1S/C3H5O6P.K/c1-2(3(4)5)9-10(6,7)8;/h1H2,(H,4,5)(H2,6,7,8);/q;+1/p-3. The molecule has 0 radical (unpaired) electrons. The predicted molar refractivity (Wildman–Crippen MR) is 22.8 cm³/mol. The van der Waals surface area contributed by atoms with E-state index in [0.29, 0.717) is 0 Å². The Morgan fingerprint density at radius 2 is 1.82 bits per heavy atom. The Kier molecular flexibility index (Phi) is 7.09. The van der Waals surface area contributed by atoms with Crippen LogP contribution >= 0.6 is 7.82 Å². The molecule has 0 unspecified atom stereocenters. The summed E-state index contributed by atoms with van der Waals surface area (Å²) in [6, 6.07) is 0. The molecule has 0 aliphatic rings. The molecular formula is C3H2KO6P-2. The molecule has 0 atom stereocenters. The van der Waals surface area contributed by atoms with Crippen LogP contribution in [0, 0.1) is 0 Å². The molecule has 0 amide bonds. The SMILES string of the molecule is C=C(OP(=O)([O-])[O-])C(=O)[O-].[K+]. The number of carbonyl (C=O) groups excluding carboxylic acids is 1. The van der Waals surface area contributed by atoms with E-state index >= 15 is 0 Å². The molecule has 6 nitrogen and oxygen atoms in total. The van der Waals surface area contributed by atoms with Crippen molar-refractivity contribution in [2.45, 2.75) is 0 Å². The summed E-state index contributed by atoms with van der Waals surface area (Å²) >= 11 is 0. The molecule has 0 aromatic carbocycles. The first-order valence-electron chi connectivity index (χ1n) is 1.95. The van der Waals surface area contributed by atoms with Gasteiger partial charge in [-0.05, 0) is 0 Å². The van der Waals surface area contributed by atoms with Crippen LogP contribution in [0.4, 0.5) is 0 Å². The Morgan fingerprint density at radius 3 is 1.91 bits per heavy atom. The number of hydrogen-bond donors (Lipinski definition) is 0. The molecule has 0 N–H and O–H groups in total. The zero-order chi connectivity index (χ0) is 8.36. The summed E-state index contributed by atoms with van der Waals surface area (Å²) in [5.74, 6) is -3.15. The van der Waals surface area contributed by atoms with Crippen LogP contribution in [0.3, 0.4) is 0 Å². The average molecular weight is 204 g/mol. The molecule has 58 valence electrons. The Bertz CT molecular complexity index is 206. The minimum atomic E-state index is -5.30. The first-order valence-corrected chi connectivity index (χ1v) is 3.41. The second kappa shape index (κ2) is 5.44. The van der Waals surface area contributed by atoms with Gasteiger partial charge in [0.1, 0.15) is 19.6 Å². The van der Waals surface area contributed by atoms with Crippen LogP contribution in [-0.4, -0.2) is 5.97 Å². The van der Waals surface area contributed by atoms with E-state index in [-0.39, 0.29) is 51.4 Å². The van der Waals surface area contributed by atoms with Crippen molar-refractivity contribution in [1.29, 1.82) is 0 Å². The van der Waals surface area contributed by atoms with Gasteiger partial charge in [-0.15, -0.1) is 0 Å². The van der Waals surface area contributed by atoms with Gasteiger partial charge in [0.15, 0.2) is 0 Å². The fourth-order valence-corrected chi connectivity index (χ4v) is 0.517. The van der Waals surface area contributed by atoms with E-state index in [2.05, 4.69) is 11.1 Å². The van der Waals surface area contributed by atoms with E-state index in [1.54, 1.807) is 0 Å². The normalized spacial score (nSPS) is 9.64. The largest absolute Gasteiger partial charge is 1.00 e. The summed E-state index contributed by atoms with van der Waals surface area (Å²) in [4.78, 5) is 28.9. The maximum Gasteiger partial charge on any atom is 1.00 e. The summed E-state index contributed by atoms with van der Waals surface area (Å²) in [5, 5.41) is 9.64. The number of phosphoric acid groups is 1. The Labute approximate surface area is 105 Å². The van der Waals surface area contributed by atoms with Crippen molar-refractivity contribution in [1.82, 2.24) is 0 Å². The van der Waals surface area contributed by atoms with Gasteiger partial charge >= 0.3 is 51.4 Å². The molecule has 0 heterocycles. The van der Waals surface area contributed by atoms with Gasteiger partial charge in [0.2, 0.25) is 0 Å². The van der Waals surface area contributed by atoms with Crippen LogP contribution in [-0.2, 0) is 13.9 Å². The smallest absolute Gasteiger partial charge is 0.780 e. The third-order valence-corrected chi connectivity index (χ3v) is 0.894. The average Bonchev–Trinajstić information content (AvgIpc) is 1.60. The van der Waals surface area contributed by atoms with Crippen molar-refractivity contribution in [3.63, 3.8) is 0 Å². The molecule has 0 aromatic heterocycles. The van der Waals surface area contributed by atoms with E-state index in [1.807, 2.05) is 0 Å². The van der Waals surface area contributed by atoms with E-state index in [1.165, 1.54) is 0 Å². The molecule has 0 aromatic rings. The number of carbonyl (C=O) groups is 1. The number of phosphoric ester groups is 1. The van der Waals surface area contributed by atoms with Crippen LogP contribution in [0.15, 0.2) is 12.3 Å². The van der Waals surface area contributed by atoms with Crippen molar-refractivity contribution in [3.05, 3.63) is 12.3 Å². The Morgan fingerprint density at radius 1 is 1.45 bits per heavy atom. The number of aliphatic carboxylic acids is 1. The zero-order valence-electron chi connectivity index (χ0n) is 5.60. The van der Waals surface area contributed by atoms with Crippen molar-refractivity contribution >= 4 is 13.8 Å². The van der Waals surface area contributed by atoms with Gasteiger partial charge < -0.3 is 28.8 Å². The van der Waals surface area contributed by atoms with Crippen molar-refractivity contribution < 1.29 is 80.2 Å². The second-order valence-corrected chi connectivity index (χ2v) is 2.33. The first-order chi connectivity index (χ1) is 4.33. The van der Waals surface area contributed by atoms with Gasteiger partial charge in [-0.3, -0.25) is 0 Å². The monoisotopic (exact) mass is 204 g/mol. The number of rotatable bonds is 3. The maximum atomic E-state index is 9.64. The maximum absolute atomic E-state index is 9.64. The molecule has 0 spiro atoms. The van der Waals surface area contributed by atoms with Gasteiger partial charge in [0.05, 0.1) is 0 Å². The number of hydrogen-bond acceptors (Lipinski definition) is 6. The van der Waals surface area contributed by atoms with Crippen LogP contribution < -0.4 is 66.3 Å². The second-order valence-electron chi connectivity index (χ2n) is 1.25. The molecular weight excluding hydrogens is 202 g/mol. The summed E-state index contributed by atoms with van der Waals surface area (Å²) in [6.07, 6.45) is 0. The minimum Gasteiger partial charge on any atom is -0.780 e. The quantitative estimate of drug-likeness (QED) is 0.196. The van der Waals surface area contributed by atoms with Crippen LogP contribution in [0.1, 0.15) is 0 Å². The molecule has 0 aliphatic heterocycles. The van der Waals surface area contributed by atoms with Gasteiger partial charge in [-0.1, -0.05) is 6.58 Å². The topological polar surface area (TPSA) is 113 Å². The molecule has 11 heavy (non-hydrogen) atoms. The van der Waals surface area contributed by atoms with E-state index in [4.69, 9.17) is 0 Å².